The minimum Gasteiger partial charge on any atom is -0.423 e. The van der Waals surface area contributed by atoms with Crippen LogP contribution in [0.15, 0.2) is 82.0 Å². The molecule has 0 bridgehead atoms. The molecule has 0 N–H and O–H groups in total. The number of fused-ring (bicyclic) bond motifs is 1. The Hall–Kier alpha value is -3.18. The minimum absolute atomic E-state index is 0.372. The predicted molar refractivity (Wildman–Crippen MR) is 97.2 cm³/mol. The highest BCUT2D eigenvalue weighted by Gasteiger charge is 2.15. The summed E-state index contributed by atoms with van der Waals surface area (Å²) in [4.78, 5) is 23.6. The van der Waals surface area contributed by atoms with Crippen molar-refractivity contribution in [3.63, 3.8) is 0 Å². The Morgan fingerprint density at radius 2 is 1.60 bits per heavy atom. The Labute approximate surface area is 146 Å². The van der Waals surface area contributed by atoms with Crippen LogP contribution in [-0.4, -0.2) is 5.97 Å². The molecule has 0 atom stereocenters. The number of carbonyl (C=O) groups excluding carboxylic acids is 1. The summed E-state index contributed by atoms with van der Waals surface area (Å²) in [5, 5.41) is 0. The van der Waals surface area contributed by atoms with Gasteiger partial charge >= 0.3 is 10.9 Å². The van der Waals surface area contributed by atoms with Crippen LogP contribution in [0.2, 0.25) is 0 Å². The number of benzene rings is 3. The van der Waals surface area contributed by atoms with E-state index in [1.807, 2.05) is 36.4 Å². The summed E-state index contributed by atoms with van der Waals surface area (Å²) >= 11 is 0.985. The maximum Gasteiger partial charge on any atom is 0.396 e. The first-order valence-corrected chi connectivity index (χ1v) is 8.43. The van der Waals surface area contributed by atoms with Gasteiger partial charge in [-0.05, 0) is 23.8 Å². The van der Waals surface area contributed by atoms with E-state index in [2.05, 4.69) is 0 Å². The molecule has 3 aromatic carbocycles. The monoisotopic (exact) mass is 348 g/mol. The predicted octanol–water partition coefficient (Wildman–Crippen LogP) is 4.74. The third kappa shape index (κ3) is 3.09. The van der Waals surface area contributed by atoms with Crippen molar-refractivity contribution in [3.05, 3.63) is 88.1 Å². The summed E-state index contributed by atoms with van der Waals surface area (Å²) < 4.78 is 11.5. The average molecular weight is 348 g/mol. The summed E-state index contributed by atoms with van der Waals surface area (Å²) in [6.45, 7) is 0. The van der Waals surface area contributed by atoms with Crippen molar-refractivity contribution in [1.82, 2.24) is 0 Å². The van der Waals surface area contributed by atoms with Gasteiger partial charge in [-0.1, -0.05) is 59.9 Å². The standard InChI is InChI=1S/C20H12O4S/c21-19(14-9-5-2-6-10-14)23-15-11-16(13-7-3-1-4-8-13)18-17(12-15)25-20(22)24-18/h1-12H. The minimum atomic E-state index is -0.449. The van der Waals surface area contributed by atoms with E-state index in [-0.39, 0.29) is 0 Å². The van der Waals surface area contributed by atoms with Crippen molar-refractivity contribution in [2.45, 2.75) is 0 Å². The molecule has 122 valence electrons. The summed E-state index contributed by atoms with van der Waals surface area (Å²) in [5.41, 5.74) is 2.56. The van der Waals surface area contributed by atoms with Crippen LogP contribution in [0.3, 0.4) is 0 Å². The highest BCUT2D eigenvalue weighted by molar-refractivity contribution is 7.16. The van der Waals surface area contributed by atoms with Gasteiger partial charge in [-0.25, -0.2) is 9.59 Å². The molecule has 1 aromatic heterocycles. The molecule has 25 heavy (non-hydrogen) atoms. The van der Waals surface area contributed by atoms with Crippen LogP contribution < -0.4 is 9.68 Å². The van der Waals surface area contributed by atoms with E-state index in [9.17, 15) is 9.59 Å². The number of rotatable bonds is 3. The molecule has 0 saturated carbocycles. The fraction of sp³-hybridized carbons (Fsp3) is 0. The highest BCUT2D eigenvalue weighted by Crippen LogP contribution is 2.34. The van der Waals surface area contributed by atoms with Gasteiger partial charge in [-0.15, -0.1) is 0 Å². The fourth-order valence-electron chi connectivity index (χ4n) is 2.58. The summed E-state index contributed by atoms with van der Waals surface area (Å²) in [6.07, 6.45) is 0. The number of ether oxygens (including phenoxy) is 1. The number of esters is 1. The topological polar surface area (TPSA) is 56.5 Å². The molecule has 4 rings (SSSR count). The second-order valence-electron chi connectivity index (χ2n) is 5.37. The first kappa shape index (κ1) is 15.4. The van der Waals surface area contributed by atoms with Crippen molar-refractivity contribution in [1.29, 1.82) is 0 Å². The second-order valence-corrected chi connectivity index (χ2v) is 6.35. The van der Waals surface area contributed by atoms with Crippen molar-refractivity contribution in [2.24, 2.45) is 0 Å². The largest absolute Gasteiger partial charge is 0.423 e. The van der Waals surface area contributed by atoms with Crippen molar-refractivity contribution >= 4 is 27.6 Å². The zero-order valence-electron chi connectivity index (χ0n) is 13.0. The fourth-order valence-corrected chi connectivity index (χ4v) is 3.31. The second kappa shape index (κ2) is 6.37. The lowest BCUT2D eigenvalue weighted by Crippen LogP contribution is -2.08. The third-order valence-corrected chi connectivity index (χ3v) is 4.49. The molecule has 1 heterocycles. The van der Waals surface area contributed by atoms with E-state index in [1.54, 1.807) is 36.4 Å². The molecule has 4 aromatic rings. The van der Waals surface area contributed by atoms with Crippen molar-refractivity contribution in [2.75, 3.05) is 0 Å². The van der Waals surface area contributed by atoms with Crippen molar-refractivity contribution < 1.29 is 13.9 Å². The molecular formula is C20H12O4S. The molecule has 4 nitrogen and oxygen atoms in total. The van der Waals surface area contributed by atoms with Gasteiger partial charge in [0, 0.05) is 11.6 Å². The van der Waals surface area contributed by atoms with Gasteiger partial charge in [0.1, 0.15) is 5.75 Å². The molecular weight excluding hydrogens is 336 g/mol. The van der Waals surface area contributed by atoms with E-state index >= 15 is 0 Å². The SMILES string of the molecule is O=C(Oc1cc(-c2ccccc2)c2oc(=O)sc2c1)c1ccccc1. The Bertz CT molecular complexity index is 1090. The van der Waals surface area contributed by atoms with Crippen molar-refractivity contribution in [3.8, 4) is 16.9 Å². The smallest absolute Gasteiger partial charge is 0.396 e. The van der Waals surface area contributed by atoms with Gasteiger partial charge in [0.05, 0.1) is 10.3 Å². The lowest BCUT2D eigenvalue weighted by molar-refractivity contribution is 0.0735. The van der Waals surface area contributed by atoms with Crippen LogP contribution in [-0.2, 0) is 0 Å². The molecule has 0 aliphatic rings. The van der Waals surface area contributed by atoms with E-state index in [4.69, 9.17) is 9.15 Å². The van der Waals surface area contributed by atoms with Gasteiger partial charge in [-0.2, -0.15) is 0 Å². The van der Waals surface area contributed by atoms with E-state index in [0.717, 1.165) is 16.9 Å². The summed E-state index contributed by atoms with van der Waals surface area (Å²) in [6, 6.07) is 21.7. The van der Waals surface area contributed by atoms with Crippen LogP contribution in [0.4, 0.5) is 0 Å². The first-order valence-electron chi connectivity index (χ1n) is 7.61. The van der Waals surface area contributed by atoms with Gasteiger partial charge in [0.25, 0.3) is 0 Å². The lowest BCUT2D eigenvalue weighted by atomic mass is 10.0. The Morgan fingerprint density at radius 1 is 0.920 bits per heavy atom. The molecule has 0 aliphatic heterocycles. The highest BCUT2D eigenvalue weighted by atomic mass is 32.1. The van der Waals surface area contributed by atoms with E-state index in [1.165, 1.54) is 0 Å². The van der Waals surface area contributed by atoms with Gasteiger partial charge in [0.15, 0.2) is 5.58 Å². The quantitative estimate of drug-likeness (QED) is 0.396. The van der Waals surface area contributed by atoms with E-state index in [0.29, 0.717) is 27.2 Å². The third-order valence-electron chi connectivity index (χ3n) is 3.71. The van der Waals surface area contributed by atoms with Gasteiger partial charge in [-0.3, -0.25) is 0 Å². The molecule has 0 saturated heterocycles. The Morgan fingerprint density at radius 3 is 2.32 bits per heavy atom. The van der Waals surface area contributed by atoms with Gasteiger partial charge < -0.3 is 9.15 Å². The van der Waals surface area contributed by atoms with Crippen LogP contribution in [0, 0.1) is 0 Å². The molecule has 0 fully saturated rings. The zero-order chi connectivity index (χ0) is 17.2. The lowest BCUT2D eigenvalue weighted by Gasteiger charge is -2.08. The molecule has 0 unspecified atom stereocenters. The first-order chi connectivity index (χ1) is 12.2. The molecule has 0 spiro atoms. The Kier molecular flexibility index (Phi) is 3.91. The number of carbonyl (C=O) groups is 1. The molecule has 0 radical (unpaired) electrons. The normalized spacial score (nSPS) is 10.7. The molecule has 0 amide bonds. The maximum atomic E-state index is 12.3. The maximum absolute atomic E-state index is 12.3. The summed E-state index contributed by atoms with van der Waals surface area (Å²) in [7, 11) is 0. The average Bonchev–Trinajstić information content (AvgIpc) is 3.02. The van der Waals surface area contributed by atoms with Crippen LogP contribution >= 0.6 is 11.3 Å². The molecule has 5 heteroatoms. The van der Waals surface area contributed by atoms with Crippen LogP contribution in [0.5, 0.6) is 5.75 Å². The zero-order valence-corrected chi connectivity index (χ0v) is 13.8. The van der Waals surface area contributed by atoms with Crippen LogP contribution in [0.1, 0.15) is 10.4 Å². The van der Waals surface area contributed by atoms with Crippen LogP contribution in [0.25, 0.3) is 21.4 Å². The number of hydrogen-bond donors (Lipinski definition) is 0. The van der Waals surface area contributed by atoms with E-state index < -0.39 is 10.9 Å². The Balaban J connectivity index is 1.80. The summed E-state index contributed by atoms with van der Waals surface area (Å²) in [5.74, 6) is -0.0768. The van der Waals surface area contributed by atoms with Gasteiger partial charge in [0.2, 0.25) is 0 Å². The number of hydrogen-bond acceptors (Lipinski definition) is 5. The molecule has 0 aliphatic carbocycles.